The third-order valence-electron chi connectivity index (χ3n) is 3.07. The molecule has 1 saturated carbocycles. The molecule has 0 aliphatic heterocycles. The lowest BCUT2D eigenvalue weighted by Gasteiger charge is -2.20. The largest absolute Gasteiger partial charge is 0.480 e. The third-order valence-corrected chi connectivity index (χ3v) is 3.07. The van der Waals surface area contributed by atoms with Gasteiger partial charge in [-0.15, -0.1) is 0 Å². The molecule has 1 unspecified atom stereocenters. The highest BCUT2D eigenvalue weighted by atomic mass is 19.3. The van der Waals surface area contributed by atoms with Gasteiger partial charge >= 0.3 is 12.1 Å². The summed E-state index contributed by atoms with van der Waals surface area (Å²) in [5.74, 6) is -2.47. The first-order chi connectivity index (χ1) is 7.95. The van der Waals surface area contributed by atoms with E-state index in [1.165, 1.54) is 0 Å². The van der Waals surface area contributed by atoms with Crippen molar-refractivity contribution in [2.45, 2.75) is 31.7 Å². The van der Waals surface area contributed by atoms with Crippen molar-refractivity contribution in [3.05, 3.63) is 0 Å². The number of alkyl halides is 2. The molecule has 98 valence electrons. The quantitative estimate of drug-likeness (QED) is 0.793. The number of ether oxygens (including phenoxy) is 1. The van der Waals surface area contributed by atoms with E-state index in [9.17, 15) is 18.4 Å². The zero-order valence-corrected chi connectivity index (χ0v) is 9.36. The van der Waals surface area contributed by atoms with Gasteiger partial charge in [-0.3, -0.25) is 0 Å². The molecule has 7 heteroatoms. The molecule has 17 heavy (non-hydrogen) atoms. The van der Waals surface area contributed by atoms with Crippen LogP contribution in [0.2, 0.25) is 0 Å². The Morgan fingerprint density at radius 3 is 2.35 bits per heavy atom. The number of halogens is 2. The number of amides is 1. The summed E-state index contributed by atoms with van der Waals surface area (Å²) in [5, 5.41) is 11.1. The van der Waals surface area contributed by atoms with E-state index in [1.54, 1.807) is 0 Å². The summed E-state index contributed by atoms with van der Waals surface area (Å²) >= 11 is 0. The molecular formula is C10H15F2NO4. The maximum Gasteiger partial charge on any atom is 0.407 e. The summed E-state index contributed by atoms with van der Waals surface area (Å²) in [5.41, 5.74) is 0. The van der Waals surface area contributed by atoms with Gasteiger partial charge in [0.25, 0.3) is 0 Å². The number of carbonyl (C=O) groups is 2. The summed E-state index contributed by atoms with van der Waals surface area (Å²) in [6.45, 7) is 0. The average molecular weight is 251 g/mol. The minimum absolute atomic E-state index is 0.110. The number of aliphatic carboxylic acids is 1. The number of nitrogens with one attached hydrogen (secondary N) is 1. The highest BCUT2D eigenvalue weighted by Gasteiger charge is 2.39. The Hall–Kier alpha value is -1.40. The summed E-state index contributed by atoms with van der Waals surface area (Å²) < 4.78 is 29.2. The zero-order valence-electron chi connectivity index (χ0n) is 9.36. The molecule has 1 aliphatic rings. The smallest absolute Gasteiger partial charge is 0.407 e. The molecule has 1 amide bonds. The van der Waals surface area contributed by atoms with Crippen LogP contribution < -0.4 is 5.32 Å². The van der Waals surface area contributed by atoms with Crippen LogP contribution in [0.1, 0.15) is 19.3 Å². The minimum Gasteiger partial charge on any atom is -0.480 e. The fourth-order valence-corrected chi connectivity index (χ4v) is 2.15. The van der Waals surface area contributed by atoms with Crippen LogP contribution in [-0.4, -0.2) is 36.7 Å². The Labute approximate surface area is 97.1 Å². The first-order valence-corrected chi connectivity index (χ1v) is 5.31. The van der Waals surface area contributed by atoms with Crippen LogP contribution in [0, 0.1) is 11.8 Å². The number of hydrogen-bond donors (Lipinski definition) is 2. The summed E-state index contributed by atoms with van der Waals surface area (Å²) in [7, 11) is 1.12. The van der Waals surface area contributed by atoms with E-state index in [1.807, 2.05) is 0 Å². The van der Waals surface area contributed by atoms with Gasteiger partial charge in [0.15, 0.2) is 0 Å². The second kappa shape index (κ2) is 5.79. The standard InChI is InChI=1S/C10H15F2NO4/c1-17-10(16)13-7(9(14)15)5-2-3-6(4-5)8(11)12/h5-8H,2-4H2,1H3,(H,13,16)(H,14,15)/t5-,6+,7?/m0/s1. The Morgan fingerprint density at radius 2 is 1.94 bits per heavy atom. The van der Waals surface area contributed by atoms with E-state index < -0.39 is 36.4 Å². The first-order valence-electron chi connectivity index (χ1n) is 5.31. The van der Waals surface area contributed by atoms with Crippen LogP contribution in [0.25, 0.3) is 0 Å². The van der Waals surface area contributed by atoms with E-state index in [4.69, 9.17) is 5.11 Å². The fraction of sp³-hybridized carbons (Fsp3) is 0.800. The lowest BCUT2D eigenvalue weighted by atomic mass is 9.97. The highest BCUT2D eigenvalue weighted by Crippen LogP contribution is 2.36. The van der Waals surface area contributed by atoms with Crippen LogP contribution in [0.5, 0.6) is 0 Å². The van der Waals surface area contributed by atoms with Crippen LogP contribution in [0.4, 0.5) is 13.6 Å². The van der Waals surface area contributed by atoms with E-state index in [0.717, 1.165) is 7.11 Å². The molecule has 2 N–H and O–H groups in total. The van der Waals surface area contributed by atoms with Gasteiger partial charge in [-0.2, -0.15) is 0 Å². The molecule has 0 saturated heterocycles. The molecule has 0 spiro atoms. The van der Waals surface area contributed by atoms with Gasteiger partial charge < -0.3 is 15.2 Å². The highest BCUT2D eigenvalue weighted by molar-refractivity contribution is 5.80. The third kappa shape index (κ3) is 3.54. The summed E-state index contributed by atoms with van der Waals surface area (Å²) in [6, 6.07) is -1.16. The van der Waals surface area contributed by atoms with Crippen molar-refractivity contribution >= 4 is 12.1 Å². The van der Waals surface area contributed by atoms with Gasteiger partial charge in [-0.1, -0.05) is 0 Å². The van der Waals surface area contributed by atoms with Gasteiger partial charge in [0.2, 0.25) is 6.43 Å². The van der Waals surface area contributed by atoms with Crippen molar-refractivity contribution in [1.29, 1.82) is 0 Å². The van der Waals surface area contributed by atoms with Crippen LogP contribution >= 0.6 is 0 Å². The fourth-order valence-electron chi connectivity index (χ4n) is 2.15. The molecule has 0 aromatic heterocycles. The second-order valence-electron chi connectivity index (χ2n) is 4.12. The molecule has 0 aromatic carbocycles. The monoisotopic (exact) mass is 251 g/mol. The Morgan fingerprint density at radius 1 is 1.35 bits per heavy atom. The van der Waals surface area contributed by atoms with Crippen molar-refractivity contribution in [3.8, 4) is 0 Å². The Bertz CT molecular complexity index is 298. The van der Waals surface area contributed by atoms with Crippen LogP contribution in [0.15, 0.2) is 0 Å². The van der Waals surface area contributed by atoms with E-state index in [-0.39, 0.29) is 12.8 Å². The Kier molecular flexibility index (Phi) is 4.65. The number of carbonyl (C=O) groups excluding carboxylic acids is 1. The van der Waals surface area contributed by atoms with Gasteiger partial charge in [0.05, 0.1) is 7.11 Å². The first kappa shape index (κ1) is 13.7. The number of hydrogen-bond acceptors (Lipinski definition) is 3. The SMILES string of the molecule is COC(=O)NC(C(=O)O)[C@H]1CC[C@@H](C(F)F)C1. The molecule has 0 radical (unpaired) electrons. The number of alkyl carbamates (subject to hydrolysis) is 1. The van der Waals surface area contributed by atoms with Crippen molar-refractivity contribution in [2.24, 2.45) is 11.8 Å². The van der Waals surface area contributed by atoms with Crippen molar-refractivity contribution < 1.29 is 28.2 Å². The molecule has 0 bridgehead atoms. The lowest BCUT2D eigenvalue weighted by Crippen LogP contribution is -2.45. The number of carboxylic acid groups (broad SMARTS) is 1. The van der Waals surface area contributed by atoms with Crippen molar-refractivity contribution in [2.75, 3.05) is 7.11 Å². The predicted octanol–water partition coefficient (Wildman–Crippen LogP) is 1.48. The van der Waals surface area contributed by atoms with E-state index >= 15 is 0 Å². The summed E-state index contributed by atoms with van der Waals surface area (Å²) in [4.78, 5) is 21.9. The van der Waals surface area contributed by atoms with Crippen LogP contribution in [-0.2, 0) is 9.53 Å². The van der Waals surface area contributed by atoms with Crippen molar-refractivity contribution in [3.63, 3.8) is 0 Å². The minimum atomic E-state index is -2.44. The van der Waals surface area contributed by atoms with Crippen LogP contribution in [0.3, 0.4) is 0 Å². The number of carboxylic acids is 1. The molecule has 0 aromatic rings. The zero-order chi connectivity index (χ0) is 13.0. The maximum atomic E-state index is 12.4. The Balaban J connectivity index is 2.61. The topological polar surface area (TPSA) is 75.6 Å². The number of methoxy groups -OCH3 is 1. The van der Waals surface area contributed by atoms with Gasteiger partial charge in [0.1, 0.15) is 6.04 Å². The second-order valence-corrected chi connectivity index (χ2v) is 4.12. The molecule has 1 rings (SSSR count). The van der Waals surface area contributed by atoms with Gasteiger partial charge in [-0.25, -0.2) is 18.4 Å². The van der Waals surface area contributed by atoms with Gasteiger partial charge in [-0.05, 0) is 25.2 Å². The molecular weight excluding hydrogens is 236 g/mol. The molecule has 1 fully saturated rings. The average Bonchev–Trinajstić information content (AvgIpc) is 2.74. The summed E-state index contributed by atoms with van der Waals surface area (Å²) in [6.07, 6.45) is -2.53. The normalized spacial score (nSPS) is 25.6. The molecule has 0 heterocycles. The lowest BCUT2D eigenvalue weighted by molar-refractivity contribution is -0.140. The number of rotatable bonds is 4. The predicted molar refractivity (Wildman–Crippen MR) is 53.8 cm³/mol. The molecule has 1 aliphatic carbocycles. The molecule has 5 nitrogen and oxygen atoms in total. The maximum absolute atomic E-state index is 12.4. The molecule has 3 atom stereocenters. The van der Waals surface area contributed by atoms with Crippen molar-refractivity contribution in [1.82, 2.24) is 5.32 Å². The van der Waals surface area contributed by atoms with Gasteiger partial charge in [0, 0.05) is 5.92 Å². The van der Waals surface area contributed by atoms with E-state index in [2.05, 4.69) is 10.1 Å². The van der Waals surface area contributed by atoms with E-state index in [0.29, 0.717) is 6.42 Å².